The molecule has 0 aliphatic heterocycles. The molecule has 130 valence electrons. The maximum absolute atomic E-state index is 12.7. The quantitative estimate of drug-likeness (QED) is 0.630. The fraction of sp³-hybridized carbons (Fsp3) is 0.176. The number of aryl methyl sites for hydroxylation is 1. The third kappa shape index (κ3) is 3.68. The van der Waals surface area contributed by atoms with Crippen molar-refractivity contribution in [2.45, 2.75) is 19.7 Å². The van der Waals surface area contributed by atoms with Gasteiger partial charge in [-0.3, -0.25) is 4.79 Å². The first-order chi connectivity index (χ1) is 11.8. The van der Waals surface area contributed by atoms with Crippen LogP contribution in [0.25, 0.3) is 16.5 Å². The van der Waals surface area contributed by atoms with Crippen LogP contribution in [-0.2, 0) is 6.42 Å². The summed E-state index contributed by atoms with van der Waals surface area (Å²) in [5.74, 6) is -0.363. The standard InChI is InChI=1S/C17H12BrF3N2O2/c1-2-10-3-8-13-14(9-10)16(24)23(22-15(13)18)11-4-6-12(7-5-11)25-17(19,20)21/h3-9H,2H2,1H3. The van der Waals surface area contributed by atoms with E-state index in [1.54, 1.807) is 6.07 Å². The first kappa shape index (κ1) is 17.5. The number of rotatable bonds is 3. The Hall–Kier alpha value is -2.35. The van der Waals surface area contributed by atoms with E-state index in [0.29, 0.717) is 21.1 Å². The lowest BCUT2D eigenvalue weighted by Gasteiger charge is -2.11. The van der Waals surface area contributed by atoms with E-state index in [-0.39, 0.29) is 11.3 Å². The summed E-state index contributed by atoms with van der Waals surface area (Å²) in [7, 11) is 0. The zero-order chi connectivity index (χ0) is 18.2. The number of nitrogens with zero attached hydrogens (tertiary/aromatic N) is 2. The number of fused-ring (bicyclic) bond motifs is 1. The van der Waals surface area contributed by atoms with Gasteiger partial charge in [0.05, 0.1) is 11.1 Å². The molecule has 0 radical (unpaired) electrons. The molecule has 0 saturated carbocycles. The summed E-state index contributed by atoms with van der Waals surface area (Å²) in [5.41, 5.74) is 0.991. The van der Waals surface area contributed by atoms with Crippen molar-refractivity contribution in [1.82, 2.24) is 9.78 Å². The van der Waals surface area contributed by atoms with Gasteiger partial charge in [-0.05, 0) is 58.2 Å². The van der Waals surface area contributed by atoms with Crippen molar-refractivity contribution in [1.29, 1.82) is 0 Å². The summed E-state index contributed by atoms with van der Waals surface area (Å²) in [6.45, 7) is 1.98. The molecule has 0 aliphatic carbocycles. The number of ether oxygens (including phenoxy) is 1. The lowest BCUT2D eigenvalue weighted by molar-refractivity contribution is -0.274. The van der Waals surface area contributed by atoms with Crippen LogP contribution < -0.4 is 10.3 Å². The van der Waals surface area contributed by atoms with Gasteiger partial charge in [0, 0.05) is 5.39 Å². The van der Waals surface area contributed by atoms with E-state index >= 15 is 0 Å². The summed E-state index contributed by atoms with van der Waals surface area (Å²) >= 11 is 3.34. The summed E-state index contributed by atoms with van der Waals surface area (Å²) < 4.78 is 42.1. The van der Waals surface area contributed by atoms with Gasteiger partial charge in [-0.2, -0.15) is 9.78 Å². The molecule has 2 aromatic carbocycles. The second-order valence-corrected chi connectivity index (χ2v) is 6.03. The Morgan fingerprint density at radius 2 is 1.80 bits per heavy atom. The van der Waals surface area contributed by atoms with E-state index in [4.69, 9.17) is 0 Å². The highest BCUT2D eigenvalue weighted by molar-refractivity contribution is 9.10. The molecular formula is C17H12BrF3N2O2. The van der Waals surface area contributed by atoms with Gasteiger partial charge in [0.1, 0.15) is 10.4 Å². The molecule has 0 bridgehead atoms. The van der Waals surface area contributed by atoms with E-state index in [1.807, 2.05) is 19.1 Å². The lowest BCUT2D eigenvalue weighted by atomic mass is 10.1. The van der Waals surface area contributed by atoms with Crippen molar-refractivity contribution in [3.8, 4) is 11.4 Å². The Bertz CT molecular complexity index is 982. The number of hydrogen-bond donors (Lipinski definition) is 0. The molecule has 0 atom stereocenters. The Kier molecular flexibility index (Phi) is 4.55. The molecule has 3 rings (SSSR count). The Morgan fingerprint density at radius 1 is 1.12 bits per heavy atom. The van der Waals surface area contributed by atoms with Gasteiger partial charge in [-0.15, -0.1) is 13.2 Å². The molecule has 0 saturated heterocycles. The van der Waals surface area contributed by atoms with Crippen LogP contribution in [-0.4, -0.2) is 16.1 Å². The minimum atomic E-state index is -4.76. The molecule has 0 fully saturated rings. The van der Waals surface area contributed by atoms with Crippen molar-refractivity contribution in [3.63, 3.8) is 0 Å². The highest BCUT2D eigenvalue weighted by atomic mass is 79.9. The minimum Gasteiger partial charge on any atom is -0.406 e. The number of benzene rings is 2. The van der Waals surface area contributed by atoms with Crippen LogP contribution in [0.3, 0.4) is 0 Å². The first-order valence-electron chi connectivity index (χ1n) is 7.36. The Labute approximate surface area is 149 Å². The number of alkyl halides is 3. The van der Waals surface area contributed by atoms with Crippen LogP contribution in [0, 0.1) is 0 Å². The van der Waals surface area contributed by atoms with Gasteiger partial charge >= 0.3 is 6.36 Å². The topological polar surface area (TPSA) is 44.1 Å². The molecule has 0 N–H and O–H groups in total. The van der Waals surface area contributed by atoms with Crippen LogP contribution in [0.2, 0.25) is 0 Å². The molecule has 4 nitrogen and oxygen atoms in total. The molecule has 0 unspecified atom stereocenters. The average molecular weight is 413 g/mol. The summed E-state index contributed by atoms with van der Waals surface area (Å²) in [5, 5.41) is 5.35. The molecule has 0 aliphatic rings. The zero-order valence-corrected chi connectivity index (χ0v) is 14.6. The van der Waals surface area contributed by atoms with Crippen molar-refractivity contribution in [2.75, 3.05) is 0 Å². The predicted octanol–water partition coefficient (Wildman–Crippen LogP) is 4.61. The minimum absolute atomic E-state index is 0.337. The maximum atomic E-state index is 12.7. The van der Waals surface area contributed by atoms with Crippen LogP contribution in [0.4, 0.5) is 13.2 Å². The molecule has 0 spiro atoms. The van der Waals surface area contributed by atoms with E-state index in [1.165, 1.54) is 12.1 Å². The van der Waals surface area contributed by atoms with Gasteiger partial charge in [-0.25, -0.2) is 0 Å². The molecule has 1 heterocycles. The molecular weight excluding hydrogens is 401 g/mol. The Morgan fingerprint density at radius 3 is 2.40 bits per heavy atom. The maximum Gasteiger partial charge on any atom is 0.573 e. The predicted molar refractivity (Wildman–Crippen MR) is 91.1 cm³/mol. The second kappa shape index (κ2) is 6.51. The third-order valence-electron chi connectivity index (χ3n) is 3.64. The summed E-state index contributed by atoms with van der Waals surface area (Å²) in [4.78, 5) is 12.7. The van der Waals surface area contributed by atoms with Crippen LogP contribution in [0.15, 0.2) is 51.9 Å². The van der Waals surface area contributed by atoms with Gasteiger partial charge in [0.25, 0.3) is 5.56 Å². The zero-order valence-electron chi connectivity index (χ0n) is 13.0. The van der Waals surface area contributed by atoms with Gasteiger partial charge in [0.15, 0.2) is 0 Å². The van der Waals surface area contributed by atoms with E-state index in [9.17, 15) is 18.0 Å². The van der Waals surface area contributed by atoms with E-state index < -0.39 is 6.36 Å². The summed E-state index contributed by atoms with van der Waals surface area (Å²) in [6, 6.07) is 10.5. The van der Waals surface area contributed by atoms with Crippen molar-refractivity contribution < 1.29 is 17.9 Å². The second-order valence-electron chi connectivity index (χ2n) is 5.28. The number of aromatic nitrogens is 2. The van der Waals surface area contributed by atoms with E-state index in [2.05, 4.69) is 25.8 Å². The molecule has 1 aromatic heterocycles. The first-order valence-corrected chi connectivity index (χ1v) is 8.15. The van der Waals surface area contributed by atoms with Crippen LogP contribution in [0.1, 0.15) is 12.5 Å². The van der Waals surface area contributed by atoms with Crippen molar-refractivity contribution in [2.24, 2.45) is 0 Å². The molecule has 0 amide bonds. The smallest absolute Gasteiger partial charge is 0.406 e. The fourth-order valence-electron chi connectivity index (χ4n) is 2.43. The fourth-order valence-corrected chi connectivity index (χ4v) is 2.94. The number of hydrogen-bond acceptors (Lipinski definition) is 3. The van der Waals surface area contributed by atoms with Gasteiger partial charge in [-0.1, -0.05) is 19.1 Å². The molecule has 8 heteroatoms. The van der Waals surface area contributed by atoms with Gasteiger partial charge in [0.2, 0.25) is 0 Å². The Balaban J connectivity index is 2.09. The normalized spacial score (nSPS) is 11.7. The monoisotopic (exact) mass is 412 g/mol. The van der Waals surface area contributed by atoms with Gasteiger partial charge < -0.3 is 4.74 Å². The SMILES string of the molecule is CCc1ccc2c(Br)nn(-c3ccc(OC(F)(F)F)cc3)c(=O)c2c1. The lowest BCUT2D eigenvalue weighted by Crippen LogP contribution is -2.22. The highest BCUT2D eigenvalue weighted by Gasteiger charge is 2.31. The number of halogens is 4. The van der Waals surface area contributed by atoms with Crippen LogP contribution in [0.5, 0.6) is 5.75 Å². The molecule has 3 aromatic rings. The largest absolute Gasteiger partial charge is 0.573 e. The highest BCUT2D eigenvalue weighted by Crippen LogP contribution is 2.25. The average Bonchev–Trinajstić information content (AvgIpc) is 2.57. The van der Waals surface area contributed by atoms with Crippen molar-refractivity contribution >= 4 is 26.7 Å². The summed E-state index contributed by atoms with van der Waals surface area (Å²) in [6.07, 6.45) is -3.99. The van der Waals surface area contributed by atoms with E-state index in [0.717, 1.165) is 28.8 Å². The molecule has 25 heavy (non-hydrogen) atoms. The third-order valence-corrected chi connectivity index (χ3v) is 4.23. The van der Waals surface area contributed by atoms with Crippen molar-refractivity contribution in [3.05, 3.63) is 63.0 Å². The van der Waals surface area contributed by atoms with Crippen LogP contribution >= 0.6 is 15.9 Å².